The van der Waals surface area contributed by atoms with Crippen molar-refractivity contribution < 1.29 is 9.53 Å². The van der Waals surface area contributed by atoms with Crippen LogP contribution >= 0.6 is 0 Å². The average molecular weight is 326 g/mol. The molecule has 1 aromatic heterocycles. The number of aromatic nitrogens is 1. The van der Waals surface area contributed by atoms with E-state index in [1.54, 1.807) is 6.20 Å². The third kappa shape index (κ3) is 5.69. The van der Waals surface area contributed by atoms with Crippen LogP contribution in [0.25, 0.3) is 0 Å². The Hall–Kier alpha value is -2.36. The van der Waals surface area contributed by atoms with E-state index < -0.39 is 0 Å². The predicted octanol–water partition coefficient (Wildman–Crippen LogP) is 4.71. The van der Waals surface area contributed by atoms with Gasteiger partial charge in [0.1, 0.15) is 5.75 Å². The molecule has 0 saturated heterocycles. The van der Waals surface area contributed by atoms with Gasteiger partial charge in [-0.15, -0.1) is 0 Å². The van der Waals surface area contributed by atoms with Crippen molar-refractivity contribution in [1.82, 2.24) is 10.3 Å². The number of carbonyl (C=O) groups is 1. The van der Waals surface area contributed by atoms with Crippen LogP contribution in [-0.4, -0.2) is 10.9 Å². The maximum atomic E-state index is 12.3. The van der Waals surface area contributed by atoms with Crippen molar-refractivity contribution in [3.63, 3.8) is 0 Å². The summed E-state index contributed by atoms with van der Waals surface area (Å²) in [6.45, 7) is 4.75. The number of carbonyl (C=O) groups excluding carboxylic acids is 1. The van der Waals surface area contributed by atoms with Crippen LogP contribution in [0.3, 0.4) is 0 Å². The Balaban J connectivity index is 1.93. The first-order valence-corrected chi connectivity index (χ1v) is 8.68. The molecule has 2 aromatic rings. The molecule has 0 atom stereocenters. The Labute approximate surface area is 144 Å². The summed E-state index contributed by atoms with van der Waals surface area (Å²) in [5.41, 5.74) is 1.02. The zero-order valence-corrected chi connectivity index (χ0v) is 14.5. The lowest BCUT2D eigenvalue weighted by Crippen LogP contribution is -2.30. The molecule has 0 aliphatic carbocycles. The largest absolute Gasteiger partial charge is 0.439 e. The lowest BCUT2D eigenvalue weighted by atomic mass is 9.97. The molecule has 2 rings (SSSR count). The molecule has 4 heteroatoms. The normalized spacial score (nSPS) is 10.6. The molecule has 1 heterocycles. The van der Waals surface area contributed by atoms with E-state index in [0.717, 1.165) is 37.0 Å². The van der Waals surface area contributed by atoms with Crippen LogP contribution in [0.15, 0.2) is 48.7 Å². The molecule has 4 nitrogen and oxygen atoms in total. The fourth-order valence-corrected chi connectivity index (χ4v) is 2.68. The molecule has 1 aromatic carbocycles. The molecule has 0 fully saturated rings. The summed E-state index contributed by atoms with van der Waals surface area (Å²) in [6, 6.07) is 13.3. The Morgan fingerprint density at radius 1 is 1.12 bits per heavy atom. The summed E-state index contributed by atoms with van der Waals surface area (Å²) in [4.78, 5) is 16.5. The molecular weight excluding hydrogens is 300 g/mol. The first-order chi connectivity index (χ1) is 11.7. The highest BCUT2D eigenvalue weighted by Gasteiger charge is 2.16. The number of hydrogen-bond acceptors (Lipinski definition) is 3. The summed E-state index contributed by atoms with van der Waals surface area (Å²) in [5.74, 6) is 1.55. The average Bonchev–Trinajstić information content (AvgIpc) is 2.61. The molecule has 0 unspecified atom stereocenters. The number of amides is 1. The second kappa shape index (κ2) is 9.71. The minimum atomic E-state index is 0.118. The maximum Gasteiger partial charge on any atom is 0.223 e. The molecule has 1 amide bonds. The van der Waals surface area contributed by atoms with Gasteiger partial charge >= 0.3 is 0 Å². The van der Waals surface area contributed by atoms with Crippen LogP contribution in [0.1, 0.15) is 45.1 Å². The van der Waals surface area contributed by atoms with E-state index in [0.29, 0.717) is 12.4 Å². The summed E-state index contributed by atoms with van der Waals surface area (Å²) < 4.78 is 5.73. The molecule has 0 aliphatic rings. The third-order valence-electron chi connectivity index (χ3n) is 3.87. The second-order valence-corrected chi connectivity index (χ2v) is 5.91. The molecule has 1 N–H and O–H groups in total. The lowest BCUT2D eigenvalue weighted by molar-refractivity contribution is -0.125. The van der Waals surface area contributed by atoms with Crippen molar-refractivity contribution in [2.45, 2.75) is 46.1 Å². The van der Waals surface area contributed by atoms with Crippen LogP contribution in [0.5, 0.6) is 11.6 Å². The first-order valence-electron chi connectivity index (χ1n) is 8.68. The number of ether oxygens (including phenoxy) is 1. The molecule has 0 saturated carbocycles. The Kier molecular flexibility index (Phi) is 7.27. The highest BCUT2D eigenvalue weighted by Crippen LogP contribution is 2.20. The number of rotatable bonds is 9. The second-order valence-electron chi connectivity index (χ2n) is 5.91. The van der Waals surface area contributed by atoms with Gasteiger partial charge in [-0.05, 0) is 36.6 Å². The molecule has 0 radical (unpaired) electrons. The third-order valence-corrected chi connectivity index (χ3v) is 3.87. The highest BCUT2D eigenvalue weighted by atomic mass is 16.5. The van der Waals surface area contributed by atoms with Gasteiger partial charge in [0.25, 0.3) is 0 Å². The minimum absolute atomic E-state index is 0.118. The molecule has 0 bridgehead atoms. The Morgan fingerprint density at radius 3 is 2.58 bits per heavy atom. The molecular formula is C20H26N2O2. The van der Waals surface area contributed by atoms with Crippen LogP contribution < -0.4 is 10.1 Å². The number of pyridine rings is 1. The first kappa shape index (κ1) is 18.0. The fourth-order valence-electron chi connectivity index (χ4n) is 2.68. The van der Waals surface area contributed by atoms with E-state index in [2.05, 4.69) is 24.1 Å². The van der Waals surface area contributed by atoms with E-state index in [9.17, 15) is 4.79 Å². The number of benzene rings is 1. The molecule has 0 spiro atoms. The van der Waals surface area contributed by atoms with Crippen molar-refractivity contribution >= 4 is 5.91 Å². The van der Waals surface area contributed by atoms with Crippen LogP contribution in [0.2, 0.25) is 0 Å². The number of nitrogens with zero attached hydrogens (tertiary/aromatic N) is 1. The summed E-state index contributed by atoms with van der Waals surface area (Å²) in [6.07, 6.45) is 5.66. The fraction of sp³-hybridized carbons (Fsp3) is 0.400. The number of hydrogen-bond donors (Lipinski definition) is 1. The van der Waals surface area contributed by atoms with Crippen LogP contribution in [0.4, 0.5) is 0 Å². The van der Waals surface area contributed by atoms with Crippen molar-refractivity contribution in [2.75, 3.05) is 0 Å². The minimum Gasteiger partial charge on any atom is -0.439 e. The van der Waals surface area contributed by atoms with Gasteiger partial charge in [0.05, 0.1) is 0 Å². The highest BCUT2D eigenvalue weighted by molar-refractivity contribution is 5.78. The van der Waals surface area contributed by atoms with Gasteiger partial charge in [-0.1, -0.05) is 44.9 Å². The summed E-state index contributed by atoms with van der Waals surface area (Å²) in [5, 5.41) is 3.05. The van der Waals surface area contributed by atoms with Gasteiger partial charge in [-0.25, -0.2) is 4.98 Å². The van der Waals surface area contributed by atoms with Crippen molar-refractivity contribution in [3.8, 4) is 11.6 Å². The van der Waals surface area contributed by atoms with Gasteiger partial charge in [-0.3, -0.25) is 4.79 Å². The van der Waals surface area contributed by atoms with E-state index in [4.69, 9.17) is 4.74 Å². The van der Waals surface area contributed by atoms with Crippen molar-refractivity contribution in [3.05, 3.63) is 54.2 Å². The van der Waals surface area contributed by atoms with Gasteiger partial charge in [0.15, 0.2) is 0 Å². The topological polar surface area (TPSA) is 51.2 Å². The van der Waals surface area contributed by atoms with Crippen LogP contribution in [0, 0.1) is 5.92 Å². The van der Waals surface area contributed by atoms with Gasteiger partial charge < -0.3 is 10.1 Å². The quantitative estimate of drug-likeness (QED) is 0.726. The monoisotopic (exact) mass is 326 g/mol. The van der Waals surface area contributed by atoms with E-state index in [-0.39, 0.29) is 11.8 Å². The van der Waals surface area contributed by atoms with Crippen molar-refractivity contribution in [1.29, 1.82) is 0 Å². The Morgan fingerprint density at radius 2 is 1.92 bits per heavy atom. The van der Waals surface area contributed by atoms with Crippen LogP contribution in [-0.2, 0) is 11.3 Å². The summed E-state index contributed by atoms with van der Waals surface area (Å²) >= 11 is 0. The van der Waals surface area contributed by atoms with E-state index in [1.165, 1.54) is 0 Å². The van der Waals surface area contributed by atoms with E-state index in [1.807, 2.05) is 42.5 Å². The van der Waals surface area contributed by atoms with Gasteiger partial charge in [0, 0.05) is 24.7 Å². The Bertz CT molecular complexity index is 623. The zero-order chi connectivity index (χ0) is 17.2. The molecule has 0 aliphatic heterocycles. The van der Waals surface area contributed by atoms with Gasteiger partial charge in [-0.2, -0.15) is 0 Å². The SMILES string of the molecule is CCCC(CCC)C(=O)NCc1cccc(Oc2ccccn2)c1. The maximum absolute atomic E-state index is 12.3. The number of nitrogens with one attached hydrogen (secondary N) is 1. The summed E-state index contributed by atoms with van der Waals surface area (Å²) in [7, 11) is 0. The predicted molar refractivity (Wildman–Crippen MR) is 95.9 cm³/mol. The molecule has 24 heavy (non-hydrogen) atoms. The molecule has 128 valence electrons. The zero-order valence-electron chi connectivity index (χ0n) is 14.5. The van der Waals surface area contributed by atoms with Gasteiger partial charge in [0.2, 0.25) is 11.8 Å². The lowest BCUT2D eigenvalue weighted by Gasteiger charge is -2.15. The standard InChI is InChI=1S/C20H26N2O2/c1-3-8-17(9-4-2)20(23)22-15-16-10-7-11-18(14-16)24-19-12-5-6-13-21-19/h5-7,10-14,17H,3-4,8-9,15H2,1-2H3,(H,22,23). The van der Waals surface area contributed by atoms with Crippen molar-refractivity contribution in [2.24, 2.45) is 5.92 Å². The smallest absolute Gasteiger partial charge is 0.223 e. The van der Waals surface area contributed by atoms with E-state index >= 15 is 0 Å².